The van der Waals surface area contributed by atoms with Crippen LogP contribution in [-0.2, 0) is 0 Å². The number of carbonyl (C=O) groups excluding carboxylic acids is 1. The number of hydrogen-bond acceptors (Lipinski definition) is 5. The third kappa shape index (κ3) is 3.60. The molecule has 1 amide bonds. The molecule has 6 nitrogen and oxygen atoms in total. The number of nitrogens with one attached hydrogen (secondary N) is 1. The van der Waals surface area contributed by atoms with Crippen LogP contribution in [0.5, 0.6) is 17.2 Å². The molecule has 0 aliphatic rings. The summed E-state index contributed by atoms with van der Waals surface area (Å²) in [6.45, 7) is 5.72. The van der Waals surface area contributed by atoms with Gasteiger partial charge in [0.2, 0.25) is 0 Å². The molecular formula is C17H18N2O4. The van der Waals surface area contributed by atoms with Gasteiger partial charge in [-0.3, -0.25) is 4.79 Å². The minimum Gasteiger partial charge on any atom is -0.504 e. The van der Waals surface area contributed by atoms with E-state index in [4.69, 9.17) is 0 Å². The zero-order chi connectivity index (χ0) is 17.1. The number of phenolic OH excluding ortho intramolecular Hbond substituents is 3. The van der Waals surface area contributed by atoms with Crippen LogP contribution in [0.1, 0.15) is 34.0 Å². The van der Waals surface area contributed by atoms with E-state index in [1.165, 1.54) is 0 Å². The van der Waals surface area contributed by atoms with Crippen molar-refractivity contribution in [1.82, 2.24) is 5.43 Å². The van der Waals surface area contributed by atoms with E-state index in [2.05, 4.69) is 10.5 Å². The predicted molar refractivity (Wildman–Crippen MR) is 87.0 cm³/mol. The van der Waals surface area contributed by atoms with Gasteiger partial charge in [0.1, 0.15) is 0 Å². The van der Waals surface area contributed by atoms with Crippen molar-refractivity contribution in [2.24, 2.45) is 5.10 Å². The van der Waals surface area contributed by atoms with Crippen molar-refractivity contribution >= 4 is 11.6 Å². The van der Waals surface area contributed by atoms with Crippen LogP contribution in [0.3, 0.4) is 0 Å². The Kier molecular flexibility index (Phi) is 4.55. The van der Waals surface area contributed by atoms with Crippen molar-refractivity contribution in [3.8, 4) is 17.2 Å². The first-order chi connectivity index (χ1) is 10.8. The maximum absolute atomic E-state index is 12.0. The van der Waals surface area contributed by atoms with Crippen LogP contribution in [0.2, 0.25) is 0 Å². The zero-order valence-corrected chi connectivity index (χ0v) is 13.1. The maximum Gasteiger partial charge on any atom is 0.271 e. The largest absolute Gasteiger partial charge is 0.504 e. The lowest BCUT2D eigenvalue weighted by atomic mass is 10.0. The minimum atomic E-state index is -0.670. The van der Waals surface area contributed by atoms with E-state index < -0.39 is 23.2 Å². The summed E-state index contributed by atoms with van der Waals surface area (Å²) >= 11 is 0. The fraction of sp³-hybridized carbons (Fsp3) is 0.176. The second-order valence-electron chi connectivity index (χ2n) is 5.32. The van der Waals surface area contributed by atoms with Gasteiger partial charge >= 0.3 is 0 Å². The van der Waals surface area contributed by atoms with Gasteiger partial charge in [0.25, 0.3) is 5.91 Å². The lowest BCUT2D eigenvalue weighted by Crippen LogP contribution is -2.19. The Hall–Kier alpha value is -3.02. The van der Waals surface area contributed by atoms with Crippen molar-refractivity contribution in [2.45, 2.75) is 20.8 Å². The van der Waals surface area contributed by atoms with Crippen molar-refractivity contribution in [3.63, 3.8) is 0 Å². The van der Waals surface area contributed by atoms with E-state index in [1.54, 1.807) is 6.92 Å². The number of phenols is 3. The number of aryl methyl sites for hydroxylation is 2. The third-order valence-corrected chi connectivity index (χ3v) is 3.43. The van der Waals surface area contributed by atoms with Crippen LogP contribution >= 0.6 is 0 Å². The lowest BCUT2D eigenvalue weighted by molar-refractivity contribution is 0.0954. The van der Waals surface area contributed by atoms with E-state index >= 15 is 0 Å². The van der Waals surface area contributed by atoms with Crippen LogP contribution in [0, 0.1) is 13.8 Å². The molecule has 2 aromatic carbocycles. The van der Waals surface area contributed by atoms with Crippen molar-refractivity contribution in [2.75, 3.05) is 0 Å². The van der Waals surface area contributed by atoms with Gasteiger partial charge in [-0.25, -0.2) is 5.43 Å². The number of amides is 1. The molecule has 0 saturated heterocycles. The van der Waals surface area contributed by atoms with Gasteiger partial charge in [0.15, 0.2) is 17.2 Å². The Labute approximate surface area is 133 Å². The Morgan fingerprint density at radius 3 is 2.22 bits per heavy atom. The number of nitrogens with zero attached hydrogens (tertiary/aromatic N) is 1. The monoisotopic (exact) mass is 314 g/mol. The number of hydrazone groups is 1. The molecule has 2 aromatic rings. The molecule has 4 N–H and O–H groups in total. The molecule has 0 aliphatic carbocycles. The molecular weight excluding hydrogens is 296 g/mol. The van der Waals surface area contributed by atoms with E-state index in [0.29, 0.717) is 5.71 Å². The van der Waals surface area contributed by atoms with E-state index in [-0.39, 0.29) is 5.56 Å². The predicted octanol–water partition coefficient (Wildman–Crippen LogP) is 2.57. The Bertz CT molecular complexity index is 774. The number of hydrogen-bond donors (Lipinski definition) is 4. The molecule has 0 unspecified atom stereocenters. The smallest absolute Gasteiger partial charge is 0.271 e. The molecule has 0 aliphatic heterocycles. The molecule has 2 rings (SSSR count). The molecule has 0 saturated carbocycles. The zero-order valence-electron chi connectivity index (χ0n) is 13.1. The molecule has 0 fully saturated rings. The first-order valence-corrected chi connectivity index (χ1v) is 6.96. The van der Waals surface area contributed by atoms with Crippen molar-refractivity contribution in [1.29, 1.82) is 0 Å². The first kappa shape index (κ1) is 16.4. The topological polar surface area (TPSA) is 102 Å². The second-order valence-corrected chi connectivity index (χ2v) is 5.32. The van der Waals surface area contributed by atoms with Crippen LogP contribution in [0.15, 0.2) is 35.4 Å². The molecule has 6 heteroatoms. The van der Waals surface area contributed by atoms with Gasteiger partial charge in [-0.05, 0) is 38.5 Å². The quantitative estimate of drug-likeness (QED) is 0.397. The van der Waals surface area contributed by atoms with Gasteiger partial charge in [0.05, 0.1) is 5.71 Å². The summed E-state index contributed by atoms with van der Waals surface area (Å²) in [4.78, 5) is 12.0. The Morgan fingerprint density at radius 1 is 1.04 bits per heavy atom. The average molecular weight is 314 g/mol. The highest BCUT2D eigenvalue weighted by Gasteiger charge is 2.13. The first-order valence-electron chi connectivity index (χ1n) is 6.96. The molecule has 0 atom stereocenters. The summed E-state index contributed by atoms with van der Waals surface area (Å²) in [6.07, 6.45) is 0. The van der Waals surface area contributed by atoms with Gasteiger partial charge in [-0.15, -0.1) is 0 Å². The molecule has 0 spiro atoms. The fourth-order valence-corrected chi connectivity index (χ4v) is 2.21. The summed E-state index contributed by atoms with van der Waals surface area (Å²) < 4.78 is 0. The van der Waals surface area contributed by atoms with Crippen LogP contribution in [0.25, 0.3) is 0 Å². The maximum atomic E-state index is 12.0. The van der Waals surface area contributed by atoms with Crippen LogP contribution in [-0.4, -0.2) is 26.9 Å². The Balaban J connectivity index is 2.20. The average Bonchev–Trinajstić information content (AvgIpc) is 2.49. The van der Waals surface area contributed by atoms with Gasteiger partial charge in [-0.2, -0.15) is 5.10 Å². The van der Waals surface area contributed by atoms with Crippen molar-refractivity contribution < 1.29 is 20.1 Å². The second kappa shape index (κ2) is 6.39. The van der Waals surface area contributed by atoms with Gasteiger partial charge in [0, 0.05) is 11.1 Å². The van der Waals surface area contributed by atoms with Crippen molar-refractivity contribution in [3.05, 3.63) is 52.6 Å². The van der Waals surface area contributed by atoms with E-state index in [0.717, 1.165) is 28.8 Å². The van der Waals surface area contributed by atoms with Gasteiger partial charge in [-0.1, -0.05) is 23.8 Å². The fourth-order valence-electron chi connectivity index (χ4n) is 2.21. The molecule has 23 heavy (non-hydrogen) atoms. The third-order valence-electron chi connectivity index (χ3n) is 3.43. The Morgan fingerprint density at radius 2 is 1.65 bits per heavy atom. The summed E-state index contributed by atoms with van der Waals surface area (Å²) in [5.74, 6) is -2.44. The van der Waals surface area contributed by atoms with Crippen LogP contribution in [0.4, 0.5) is 0 Å². The normalized spacial score (nSPS) is 11.3. The summed E-state index contributed by atoms with van der Waals surface area (Å²) in [5.41, 5.74) is 6.06. The summed E-state index contributed by atoms with van der Waals surface area (Å²) in [6, 6.07) is 8.00. The number of rotatable bonds is 3. The lowest BCUT2D eigenvalue weighted by Gasteiger charge is -2.08. The molecule has 0 aromatic heterocycles. The highest BCUT2D eigenvalue weighted by Crippen LogP contribution is 2.35. The summed E-state index contributed by atoms with van der Waals surface area (Å²) in [7, 11) is 0. The van der Waals surface area contributed by atoms with E-state index in [1.807, 2.05) is 32.0 Å². The molecule has 0 bridgehead atoms. The number of carbonyl (C=O) groups is 1. The van der Waals surface area contributed by atoms with Gasteiger partial charge < -0.3 is 15.3 Å². The molecule has 120 valence electrons. The van der Waals surface area contributed by atoms with Crippen LogP contribution < -0.4 is 5.43 Å². The number of aromatic hydroxyl groups is 3. The molecule has 0 radical (unpaired) electrons. The standard InChI is InChI=1S/C17H18N2O4/c1-9-4-5-13(10(2)6-9)11(3)18-19-17(23)12-7-14(20)16(22)15(21)8-12/h4-8,20-22H,1-3H3,(H,19,23)/b18-11+. The highest BCUT2D eigenvalue weighted by atomic mass is 16.3. The highest BCUT2D eigenvalue weighted by molar-refractivity contribution is 6.02. The minimum absolute atomic E-state index is 0.0185. The number of benzene rings is 2. The molecule has 0 heterocycles. The SMILES string of the molecule is C/C(=N\NC(=O)c1cc(O)c(O)c(O)c1)c1ccc(C)cc1C. The summed E-state index contributed by atoms with van der Waals surface area (Å²) in [5, 5.41) is 32.2. The van der Waals surface area contributed by atoms with E-state index in [9.17, 15) is 20.1 Å².